The molecule has 9 heteroatoms. The molecule has 2 N–H and O–H groups in total. The molecule has 0 bridgehead atoms. The Morgan fingerprint density at radius 1 is 1.37 bits per heavy atom. The van der Waals surface area contributed by atoms with Crippen LogP contribution in [0.2, 0.25) is 0 Å². The topological polar surface area (TPSA) is 109 Å². The molecule has 27 heavy (non-hydrogen) atoms. The second-order valence-electron chi connectivity index (χ2n) is 7.54. The average Bonchev–Trinajstić information content (AvgIpc) is 3.01. The molecule has 0 fully saturated rings. The van der Waals surface area contributed by atoms with Crippen molar-refractivity contribution in [3.63, 3.8) is 0 Å². The first-order valence-electron chi connectivity index (χ1n) is 8.56. The summed E-state index contributed by atoms with van der Waals surface area (Å²) in [6, 6.07) is 5.30. The summed E-state index contributed by atoms with van der Waals surface area (Å²) in [6.45, 7) is 6.34. The van der Waals surface area contributed by atoms with Gasteiger partial charge in [0.05, 0.1) is 6.04 Å². The second kappa shape index (κ2) is 7.30. The molecule has 3 rings (SSSR count). The Labute approximate surface area is 165 Å². The fraction of sp³-hybridized carbons (Fsp3) is 0.444. The van der Waals surface area contributed by atoms with Crippen LogP contribution in [-0.2, 0) is 12.0 Å². The van der Waals surface area contributed by atoms with E-state index in [1.807, 2.05) is 39.0 Å². The summed E-state index contributed by atoms with van der Waals surface area (Å²) < 4.78 is 6.04. The maximum Gasteiger partial charge on any atom is 0.407 e. The largest absolute Gasteiger partial charge is 0.465 e. The number of halogens is 1. The quantitative estimate of drug-likeness (QED) is 0.745. The maximum atomic E-state index is 12.6. The van der Waals surface area contributed by atoms with Crippen molar-refractivity contribution < 1.29 is 19.2 Å². The molecule has 0 radical (unpaired) electrons. The molecule has 1 aliphatic heterocycles. The Bertz CT molecular complexity index is 874. The van der Waals surface area contributed by atoms with E-state index in [1.54, 1.807) is 0 Å². The Morgan fingerprint density at radius 2 is 2.11 bits per heavy atom. The molecule has 1 unspecified atom stereocenters. The third-order valence-electron chi connectivity index (χ3n) is 4.38. The zero-order valence-corrected chi connectivity index (χ0v) is 16.9. The number of aromatic nitrogens is 2. The van der Waals surface area contributed by atoms with Gasteiger partial charge in [-0.3, -0.25) is 4.79 Å². The number of hydrogen-bond donors (Lipinski definition) is 2. The highest BCUT2D eigenvalue weighted by molar-refractivity contribution is 9.10. The lowest BCUT2D eigenvalue weighted by Gasteiger charge is -2.18. The van der Waals surface area contributed by atoms with Gasteiger partial charge in [-0.15, -0.1) is 0 Å². The number of benzene rings is 1. The van der Waals surface area contributed by atoms with E-state index in [-0.39, 0.29) is 23.8 Å². The van der Waals surface area contributed by atoms with Crippen molar-refractivity contribution in [2.45, 2.75) is 45.2 Å². The van der Waals surface area contributed by atoms with Crippen LogP contribution in [0.15, 0.2) is 27.2 Å². The van der Waals surface area contributed by atoms with E-state index in [9.17, 15) is 14.7 Å². The number of nitrogens with one attached hydrogen (secondary N) is 1. The van der Waals surface area contributed by atoms with Gasteiger partial charge in [0.15, 0.2) is 0 Å². The van der Waals surface area contributed by atoms with Crippen molar-refractivity contribution in [2.24, 2.45) is 0 Å². The highest BCUT2D eigenvalue weighted by Crippen LogP contribution is 2.29. The monoisotopic (exact) mass is 436 g/mol. The number of carbonyl (C=O) groups is 2. The highest BCUT2D eigenvalue weighted by Gasteiger charge is 2.29. The molecule has 0 aliphatic carbocycles. The first-order chi connectivity index (χ1) is 12.6. The number of carboxylic acid groups (broad SMARTS) is 1. The minimum atomic E-state index is -0.985. The van der Waals surface area contributed by atoms with Crippen LogP contribution in [0.4, 0.5) is 4.79 Å². The number of amides is 2. The van der Waals surface area contributed by atoms with Crippen molar-refractivity contribution in [2.75, 3.05) is 6.54 Å². The van der Waals surface area contributed by atoms with E-state index < -0.39 is 12.0 Å². The molecule has 0 saturated carbocycles. The first kappa shape index (κ1) is 19.3. The van der Waals surface area contributed by atoms with E-state index in [2.05, 4.69) is 31.4 Å². The lowest BCUT2D eigenvalue weighted by atomic mass is 9.97. The third-order valence-corrected chi connectivity index (χ3v) is 4.87. The van der Waals surface area contributed by atoms with Crippen LogP contribution in [0.1, 0.15) is 60.9 Å². The van der Waals surface area contributed by atoms with Crippen LogP contribution in [0.3, 0.4) is 0 Å². The number of carbonyl (C=O) groups excluding carboxylic acids is 1. The SMILES string of the molecule is CC(C)(C)c1nc(C(=O)NC2CCN(C(=O)O)Cc3cc(Br)ccc32)no1. The molecule has 1 aromatic heterocycles. The van der Waals surface area contributed by atoms with E-state index >= 15 is 0 Å². The molecule has 2 aromatic rings. The van der Waals surface area contributed by atoms with Gasteiger partial charge < -0.3 is 19.8 Å². The zero-order chi connectivity index (χ0) is 19.8. The van der Waals surface area contributed by atoms with E-state index in [4.69, 9.17) is 4.52 Å². The molecule has 0 spiro atoms. The maximum absolute atomic E-state index is 12.6. The van der Waals surface area contributed by atoms with E-state index in [1.165, 1.54) is 4.90 Å². The van der Waals surface area contributed by atoms with Crippen molar-refractivity contribution in [3.8, 4) is 0 Å². The van der Waals surface area contributed by atoms with Gasteiger partial charge in [0.2, 0.25) is 5.89 Å². The normalized spacial score (nSPS) is 17.2. The lowest BCUT2D eigenvalue weighted by Crippen LogP contribution is -2.32. The number of hydrogen-bond acceptors (Lipinski definition) is 5. The van der Waals surface area contributed by atoms with Crippen molar-refractivity contribution in [3.05, 3.63) is 45.5 Å². The molecule has 144 valence electrons. The van der Waals surface area contributed by atoms with Crippen LogP contribution >= 0.6 is 15.9 Å². The molecule has 2 amide bonds. The number of fused-ring (bicyclic) bond motifs is 1. The van der Waals surface area contributed by atoms with Gasteiger partial charge in [0, 0.05) is 23.0 Å². The highest BCUT2D eigenvalue weighted by atomic mass is 79.9. The standard InChI is InChI=1S/C18H21BrN4O4/c1-18(2,3)16-21-14(22-27-16)15(24)20-13-6-7-23(17(25)26)9-10-8-11(19)4-5-12(10)13/h4-5,8,13H,6-7,9H2,1-3H3,(H,20,24)(H,25,26). The third kappa shape index (κ3) is 4.29. The van der Waals surface area contributed by atoms with Crippen LogP contribution in [0.5, 0.6) is 0 Å². The summed E-state index contributed by atoms with van der Waals surface area (Å²) in [5.74, 6) is -0.0929. The van der Waals surface area contributed by atoms with Crippen LogP contribution in [0, 0.1) is 0 Å². The summed E-state index contributed by atoms with van der Waals surface area (Å²) in [5.41, 5.74) is 1.38. The van der Waals surface area contributed by atoms with Gasteiger partial charge in [0.1, 0.15) is 0 Å². The molecule has 1 aromatic carbocycles. The molecule has 0 saturated heterocycles. The van der Waals surface area contributed by atoms with E-state index in [0.29, 0.717) is 18.9 Å². The molecular weight excluding hydrogens is 416 g/mol. The number of nitrogens with zero attached hydrogens (tertiary/aromatic N) is 3. The summed E-state index contributed by atoms with van der Waals surface area (Å²) in [7, 11) is 0. The Morgan fingerprint density at radius 3 is 2.74 bits per heavy atom. The van der Waals surface area contributed by atoms with E-state index in [0.717, 1.165) is 15.6 Å². The predicted molar refractivity (Wildman–Crippen MR) is 100 cm³/mol. The minimum absolute atomic E-state index is 0.0297. The molecular formula is C18H21BrN4O4. The van der Waals surface area contributed by atoms with Gasteiger partial charge >= 0.3 is 6.09 Å². The molecule has 8 nitrogen and oxygen atoms in total. The van der Waals surface area contributed by atoms with Gasteiger partial charge in [-0.1, -0.05) is 47.9 Å². The molecule has 2 heterocycles. The zero-order valence-electron chi connectivity index (χ0n) is 15.3. The number of rotatable bonds is 2. The molecule has 1 atom stereocenters. The molecule has 1 aliphatic rings. The lowest BCUT2D eigenvalue weighted by molar-refractivity contribution is 0.0919. The Balaban J connectivity index is 1.85. The summed E-state index contributed by atoms with van der Waals surface area (Å²) in [6.07, 6.45) is -0.530. The van der Waals surface area contributed by atoms with Crippen LogP contribution < -0.4 is 5.32 Å². The fourth-order valence-electron chi connectivity index (χ4n) is 2.93. The van der Waals surface area contributed by atoms with Crippen molar-refractivity contribution in [1.29, 1.82) is 0 Å². The first-order valence-corrected chi connectivity index (χ1v) is 9.35. The van der Waals surface area contributed by atoms with Gasteiger partial charge in [-0.05, 0) is 29.7 Å². The van der Waals surface area contributed by atoms with Crippen LogP contribution in [0.25, 0.3) is 0 Å². The average molecular weight is 437 g/mol. The smallest absolute Gasteiger partial charge is 0.407 e. The summed E-state index contributed by atoms with van der Waals surface area (Å²) in [4.78, 5) is 29.6. The van der Waals surface area contributed by atoms with Gasteiger partial charge in [-0.2, -0.15) is 4.98 Å². The predicted octanol–water partition coefficient (Wildman–Crippen LogP) is 3.48. The van der Waals surface area contributed by atoms with Crippen molar-refractivity contribution >= 4 is 27.9 Å². The second-order valence-corrected chi connectivity index (χ2v) is 8.45. The summed E-state index contributed by atoms with van der Waals surface area (Å²) >= 11 is 3.42. The minimum Gasteiger partial charge on any atom is -0.465 e. The Kier molecular flexibility index (Phi) is 5.23. The van der Waals surface area contributed by atoms with Crippen LogP contribution in [-0.4, -0.2) is 38.7 Å². The van der Waals surface area contributed by atoms with Gasteiger partial charge in [-0.25, -0.2) is 4.79 Å². The Hall–Kier alpha value is -2.42. The van der Waals surface area contributed by atoms with Gasteiger partial charge in [0.25, 0.3) is 11.7 Å². The van der Waals surface area contributed by atoms with Crippen molar-refractivity contribution in [1.82, 2.24) is 20.4 Å². The summed E-state index contributed by atoms with van der Waals surface area (Å²) in [5, 5.41) is 16.1. The fourth-order valence-corrected chi connectivity index (χ4v) is 3.34.